The van der Waals surface area contributed by atoms with Crippen LogP contribution in [0.25, 0.3) is 21.5 Å². The summed E-state index contributed by atoms with van der Waals surface area (Å²) in [5, 5.41) is 6.70. The Hall–Kier alpha value is -2.99. The Bertz CT molecular complexity index is 1040. The smallest absolute Gasteiger partial charge is 0.287 e. The molecule has 0 atom stereocenters. The van der Waals surface area contributed by atoms with E-state index in [4.69, 9.17) is 4.42 Å². The van der Waals surface area contributed by atoms with Gasteiger partial charge in [0.1, 0.15) is 10.6 Å². The van der Waals surface area contributed by atoms with Crippen molar-refractivity contribution in [2.24, 2.45) is 0 Å². The van der Waals surface area contributed by atoms with Gasteiger partial charge in [-0.15, -0.1) is 11.3 Å². The monoisotopic (exact) mass is 349 g/mol. The zero-order chi connectivity index (χ0) is 17.2. The van der Waals surface area contributed by atoms with Crippen molar-refractivity contribution in [2.75, 3.05) is 0 Å². The molecule has 3 heterocycles. The molecule has 1 amide bonds. The Morgan fingerprint density at radius 3 is 2.80 bits per heavy atom. The summed E-state index contributed by atoms with van der Waals surface area (Å²) in [5.41, 5.74) is 3.41. The first-order valence-electron chi connectivity index (χ1n) is 7.83. The lowest BCUT2D eigenvalue weighted by Crippen LogP contribution is -2.23. The number of hydrogen-bond donors (Lipinski definition) is 1. The molecule has 6 heteroatoms. The maximum Gasteiger partial charge on any atom is 0.287 e. The molecule has 4 aromatic rings. The summed E-state index contributed by atoms with van der Waals surface area (Å²) >= 11 is 1.54. The van der Waals surface area contributed by atoms with Gasteiger partial charge in [-0.25, -0.2) is 4.98 Å². The van der Waals surface area contributed by atoms with Crippen molar-refractivity contribution in [3.63, 3.8) is 0 Å². The van der Waals surface area contributed by atoms with Gasteiger partial charge in [0.15, 0.2) is 5.76 Å². The number of fused-ring (bicyclic) bond motifs is 1. The predicted molar refractivity (Wildman–Crippen MR) is 97.5 cm³/mol. The Morgan fingerprint density at radius 2 is 2.00 bits per heavy atom. The Balaban J connectivity index is 1.48. The van der Waals surface area contributed by atoms with Crippen LogP contribution in [0.2, 0.25) is 0 Å². The van der Waals surface area contributed by atoms with Crippen LogP contribution in [0.1, 0.15) is 21.8 Å². The zero-order valence-corrected chi connectivity index (χ0v) is 14.3. The van der Waals surface area contributed by atoms with Crippen LogP contribution in [0.3, 0.4) is 0 Å². The van der Waals surface area contributed by atoms with Gasteiger partial charge in [0, 0.05) is 34.3 Å². The number of aromatic nitrogens is 2. The first-order valence-corrected chi connectivity index (χ1v) is 8.71. The molecule has 3 aromatic heterocycles. The molecule has 0 unspecified atom stereocenters. The van der Waals surface area contributed by atoms with E-state index in [9.17, 15) is 4.79 Å². The van der Waals surface area contributed by atoms with Gasteiger partial charge in [0.05, 0.1) is 12.2 Å². The topological polar surface area (TPSA) is 68.0 Å². The first-order chi connectivity index (χ1) is 12.2. The summed E-state index contributed by atoms with van der Waals surface area (Å²) in [6.07, 6.45) is 3.48. The second-order valence-corrected chi connectivity index (χ2v) is 6.47. The van der Waals surface area contributed by atoms with Crippen molar-refractivity contribution in [2.45, 2.75) is 13.5 Å². The van der Waals surface area contributed by atoms with E-state index in [1.165, 1.54) is 0 Å². The molecule has 0 aliphatic carbocycles. The standard InChI is InChI=1S/C19H15N3O2S/c1-12-15-4-2-3-5-16(15)24-17(12)18(23)21-10-14-11-25-19(22-14)13-6-8-20-9-7-13/h2-9,11H,10H2,1H3,(H,21,23). The molecule has 5 nitrogen and oxygen atoms in total. The van der Waals surface area contributed by atoms with E-state index in [1.54, 1.807) is 23.7 Å². The molecular weight excluding hydrogens is 334 g/mol. The highest BCUT2D eigenvalue weighted by Gasteiger charge is 2.17. The average Bonchev–Trinajstić information content (AvgIpc) is 3.26. The van der Waals surface area contributed by atoms with Crippen LogP contribution in [0.15, 0.2) is 58.6 Å². The molecule has 25 heavy (non-hydrogen) atoms. The van der Waals surface area contributed by atoms with Crippen LogP contribution < -0.4 is 5.32 Å². The Kier molecular flexibility index (Phi) is 4.03. The summed E-state index contributed by atoms with van der Waals surface area (Å²) in [7, 11) is 0. The number of furan rings is 1. The van der Waals surface area contributed by atoms with Crippen LogP contribution >= 0.6 is 11.3 Å². The molecule has 124 valence electrons. The van der Waals surface area contributed by atoms with Gasteiger partial charge in [-0.1, -0.05) is 18.2 Å². The van der Waals surface area contributed by atoms with Crippen molar-refractivity contribution in [1.82, 2.24) is 15.3 Å². The minimum Gasteiger partial charge on any atom is -0.451 e. The number of benzene rings is 1. The fourth-order valence-electron chi connectivity index (χ4n) is 2.66. The number of pyridine rings is 1. The van der Waals surface area contributed by atoms with Gasteiger partial charge in [0.2, 0.25) is 0 Å². The van der Waals surface area contributed by atoms with E-state index in [0.717, 1.165) is 32.8 Å². The molecule has 0 spiro atoms. The lowest BCUT2D eigenvalue weighted by Gasteiger charge is -2.01. The second kappa shape index (κ2) is 6.49. The number of nitrogens with zero attached hydrogens (tertiary/aromatic N) is 2. The number of nitrogens with one attached hydrogen (secondary N) is 1. The van der Waals surface area contributed by atoms with Gasteiger partial charge in [0.25, 0.3) is 5.91 Å². The van der Waals surface area contributed by atoms with Gasteiger partial charge in [-0.05, 0) is 25.1 Å². The zero-order valence-electron chi connectivity index (χ0n) is 13.5. The molecule has 0 saturated carbocycles. The molecule has 0 aliphatic rings. The van der Waals surface area contributed by atoms with Crippen molar-refractivity contribution in [1.29, 1.82) is 0 Å². The van der Waals surface area contributed by atoms with Gasteiger partial charge < -0.3 is 9.73 Å². The van der Waals surface area contributed by atoms with Crippen molar-refractivity contribution >= 4 is 28.2 Å². The van der Waals surface area contributed by atoms with E-state index in [2.05, 4.69) is 15.3 Å². The molecule has 0 bridgehead atoms. The second-order valence-electron chi connectivity index (χ2n) is 5.61. The van der Waals surface area contributed by atoms with Gasteiger partial charge in [-0.2, -0.15) is 0 Å². The predicted octanol–water partition coefficient (Wildman–Crippen LogP) is 4.19. The van der Waals surface area contributed by atoms with Gasteiger partial charge >= 0.3 is 0 Å². The molecule has 1 aromatic carbocycles. The minimum atomic E-state index is -0.229. The number of carbonyl (C=O) groups excluding carboxylic acids is 1. The number of para-hydroxylation sites is 1. The normalized spacial score (nSPS) is 10.9. The summed E-state index contributed by atoms with van der Waals surface area (Å²) in [6, 6.07) is 11.5. The molecule has 1 N–H and O–H groups in total. The van der Waals surface area contributed by atoms with E-state index in [1.807, 2.05) is 48.7 Å². The summed E-state index contributed by atoms with van der Waals surface area (Å²) < 4.78 is 5.69. The largest absolute Gasteiger partial charge is 0.451 e. The minimum absolute atomic E-state index is 0.229. The highest BCUT2D eigenvalue weighted by molar-refractivity contribution is 7.13. The number of rotatable bonds is 4. The SMILES string of the molecule is Cc1c(C(=O)NCc2csc(-c3ccncc3)n2)oc2ccccc12. The maximum atomic E-state index is 12.4. The quantitative estimate of drug-likeness (QED) is 0.600. The van der Waals surface area contributed by atoms with Crippen molar-refractivity contribution in [3.05, 3.63) is 71.2 Å². The maximum absolute atomic E-state index is 12.4. The van der Waals surface area contributed by atoms with E-state index < -0.39 is 0 Å². The summed E-state index contributed by atoms with van der Waals surface area (Å²) in [5.74, 6) is 0.123. The lowest BCUT2D eigenvalue weighted by molar-refractivity contribution is 0.0924. The van der Waals surface area contributed by atoms with Crippen molar-refractivity contribution in [3.8, 4) is 10.6 Å². The summed E-state index contributed by atoms with van der Waals surface area (Å²) in [4.78, 5) is 21.0. The van der Waals surface area contributed by atoms with Crippen LogP contribution in [0.5, 0.6) is 0 Å². The third kappa shape index (κ3) is 3.04. The molecule has 0 aliphatic heterocycles. The van der Waals surface area contributed by atoms with Crippen LogP contribution in [0.4, 0.5) is 0 Å². The molecular formula is C19H15N3O2S. The number of amides is 1. The summed E-state index contributed by atoms with van der Waals surface area (Å²) in [6.45, 7) is 2.25. The molecule has 0 radical (unpaired) electrons. The Labute approximate surface area is 148 Å². The van der Waals surface area contributed by atoms with Crippen LogP contribution in [-0.2, 0) is 6.54 Å². The van der Waals surface area contributed by atoms with Crippen molar-refractivity contribution < 1.29 is 9.21 Å². The Morgan fingerprint density at radius 1 is 1.20 bits per heavy atom. The number of carbonyl (C=O) groups is 1. The molecule has 0 saturated heterocycles. The fourth-order valence-corrected chi connectivity index (χ4v) is 3.48. The van der Waals surface area contributed by atoms with E-state index in [0.29, 0.717) is 12.3 Å². The van der Waals surface area contributed by atoms with E-state index in [-0.39, 0.29) is 5.91 Å². The molecule has 0 fully saturated rings. The third-order valence-corrected chi connectivity index (χ3v) is 4.90. The molecule has 4 rings (SSSR count). The third-order valence-electron chi connectivity index (χ3n) is 3.96. The van der Waals surface area contributed by atoms with Crippen LogP contribution in [0, 0.1) is 6.92 Å². The average molecular weight is 349 g/mol. The number of thiazole rings is 1. The highest BCUT2D eigenvalue weighted by atomic mass is 32.1. The highest BCUT2D eigenvalue weighted by Crippen LogP contribution is 2.25. The van der Waals surface area contributed by atoms with Gasteiger partial charge in [-0.3, -0.25) is 9.78 Å². The number of aryl methyl sites for hydroxylation is 1. The fraction of sp³-hybridized carbons (Fsp3) is 0.105. The lowest BCUT2D eigenvalue weighted by atomic mass is 10.1. The first kappa shape index (κ1) is 15.5. The van der Waals surface area contributed by atoms with E-state index >= 15 is 0 Å². The number of hydrogen-bond acceptors (Lipinski definition) is 5. The van der Waals surface area contributed by atoms with Crippen LogP contribution in [-0.4, -0.2) is 15.9 Å².